The van der Waals surface area contributed by atoms with Gasteiger partial charge in [0.15, 0.2) is 0 Å². The van der Waals surface area contributed by atoms with Gasteiger partial charge in [-0.05, 0) is 35.7 Å². The van der Waals surface area contributed by atoms with Crippen molar-refractivity contribution in [3.05, 3.63) is 10.8 Å². The Labute approximate surface area is 121 Å². The van der Waals surface area contributed by atoms with Gasteiger partial charge in [-0.15, -0.1) is 0 Å². The largest absolute Gasteiger partial charge is 0.369 e. The van der Waals surface area contributed by atoms with Crippen molar-refractivity contribution in [1.29, 1.82) is 0 Å². The summed E-state index contributed by atoms with van der Waals surface area (Å²) < 4.78 is 0.776. The van der Waals surface area contributed by atoms with Gasteiger partial charge in [-0.2, -0.15) is 0 Å². The average Bonchev–Trinajstić information content (AvgIpc) is 3.15. The van der Waals surface area contributed by atoms with Gasteiger partial charge < -0.3 is 15.5 Å². The fraction of sp³-hybridized carbons (Fsp3) is 0.583. The van der Waals surface area contributed by atoms with Gasteiger partial charge in [-0.25, -0.2) is 9.97 Å². The molecule has 7 heteroatoms. The van der Waals surface area contributed by atoms with Crippen molar-refractivity contribution in [3.8, 4) is 0 Å². The molecule has 0 saturated heterocycles. The second-order valence-corrected chi connectivity index (χ2v) is 5.38. The Kier molecular flexibility index (Phi) is 4.57. The van der Waals surface area contributed by atoms with E-state index in [1.54, 1.807) is 0 Å². The Morgan fingerprint density at radius 1 is 1.53 bits per heavy atom. The van der Waals surface area contributed by atoms with Crippen molar-refractivity contribution in [2.24, 2.45) is 0 Å². The molecule has 1 saturated carbocycles. The van der Waals surface area contributed by atoms with Gasteiger partial charge in [0.05, 0.1) is 6.54 Å². The molecule has 0 spiro atoms. The van der Waals surface area contributed by atoms with Crippen LogP contribution >= 0.6 is 15.9 Å². The lowest BCUT2D eigenvalue weighted by atomic mass is 10.4. The summed E-state index contributed by atoms with van der Waals surface area (Å²) in [7, 11) is 1.84. The lowest BCUT2D eigenvalue weighted by Gasteiger charge is -2.19. The first-order valence-corrected chi connectivity index (χ1v) is 7.16. The first kappa shape index (κ1) is 14.0. The van der Waals surface area contributed by atoms with Gasteiger partial charge in [0, 0.05) is 19.6 Å². The monoisotopic (exact) mass is 327 g/mol. The minimum atomic E-state index is 0.0283. The van der Waals surface area contributed by atoms with E-state index in [0.29, 0.717) is 11.9 Å². The van der Waals surface area contributed by atoms with Crippen LogP contribution in [0.4, 0.5) is 11.6 Å². The molecule has 0 radical (unpaired) electrons. The van der Waals surface area contributed by atoms with Crippen LogP contribution in [0.3, 0.4) is 0 Å². The summed E-state index contributed by atoms with van der Waals surface area (Å²) in [4.78, 5) is 22.0. The van der Waals surface area contributed by atoms with Crippen LogP contribution in [-0.2, 0) is 4.79 Å². The summed E-state index contributed by atoms with van der Waals surface area (Å²) in [5.74, 6) is 1.47. The molecule has 2 rings (SSSR count). The highest BCUT2D eigenvalue weighted by Gasteiger charge is 2.24. The van der Waals surface area contributed by atoms with Crippen molar-refractivity contribution in [3.63, 3.8) is 0 Å². The predicted octanol–water partition coefficient (Wildman–Crippen LogP) is 1.39. The van der Waals surface area contributed by atoms with Crippen molar-refractivity contribution >= 4 is 33.5 Å². The molecule has 1 fully saturated rings. The van der Waals surface area contributed by atoms with E-state index < -0.39 is 0 Å². The number of carbonyl (C=O) groups is 1. The van der Waals surface area contributed by atoms with Crippen LogP contribution in [0.15, 0.2) is 10.8 Å². The van der Waals surface area contributed by atoms with Gasteiger partial charge in [0.25, 0.3) is 0 Å². The summed E-state index contributed by atoms with van der Waals surface area (Å²) in [6.45, 7) is 3.07. The van der Waals surface area contributed by atoms with Gasteiger partial charge in [0.1, 0.15) is 22.4 Å². The first-order valence-electron chi connectivity index (χ1n) is 6.36. The molecule has 0 bridgehead atoms. The molecule has 1 aliphatic carbocycles. The quantitative estimate of drug-likeness (QED) is 0.826. The standard InChI is InChI=1S/C12H18BrN5O/c1-3-14-11-10(13)12(16-7-15-11)18(2)6-9(19)17-8-4-5-8/h7-8H,3-6H2,1-2H3,(H,17,19)(H,14,15,16). The summed E-state index contributed by atoms with van der Waals surface area (Å²) >= 11 is 3.48. The lowest BCUT2D eigenvalue weighted by molar-refractivity contribution is -0.119. The molecule has 0 unspecified atom stereocenters. The Balaban J connectivity index is 2.02. The molecule has 0 aromatic carbocycles. The topological polar surface area (TPSA) is 70.2 Å². The third kappa shape index (κ3) is 3.79. The van der Waals surface area contributed by atoms with E-state index >= 15 is 0 Å². The predicted molar refractivity (Wildman–Crippen MR) is 78.3 cm³/mol. The first-order chi connectivity index (χ1) is 9.11. The number of rotatable bonds is 6. The van der Waals surface area contributed by atoms with E-state index in [2.05, 4.69) is 36.5 Å². The molecule has 1 aromatic heterocycles. The molecule has 1 amide bonds. The number of likely N-dealkylation sites (N-methyl/N-ethyl adjacent to an activating group) is 1. The Morgan fingerprint density at radius 2 is 2.26 bits per heavy atom. The van der Waals surface area contributed by atoms with Crippen molar-refractivity contribution in [2.45, 2.75) is 25.8 Å². The Hall–Kier alpha value is -1.37. The summed E-state index contributed by atoms with van der Waals surface area (Å²) in [5.41, 5.74) is 0. The van der Waals surface area contributed by atoms with E-state index in [-0.39, 0.29) is 12.5 Å². The SMILES string of the molecule is CCNc1ncnc(N(C)CC(=O)NC2CC2)c1Br. The van der Waals surface area contributed by atoms with E-state index in [1.165, 1.54) is 6.33 Å². The van der Waals surface area contributed by atoms with E-state index in [4.69, 9.17) is 0 Å². The molecule has 2 N–H and O–H groups in total. The third-order valence-corrected chi connectivity index (χ3v) is 3.53. The number of hydrogen-bond donors (Lipinski definition) is 2. The van der Waals surface area contributed by atoms with Gasteiger partial charge in [0.2, 0.25) is 5.91 Å². The normalized spacial score (nSPS) is 14.1. The zero-order chi connectivity index (χ0) is 13.8. The summed E-state index contributed by atoms with van der Waals surface area (Å²) in [6, 6.07) is 0.382. The number of hydrogen-bond acceptors (Lipinski definition) is 5. The number of amides is 1. The molecular formula is C12H18BrN5O. The zero-order valence-corrected chi connectivity index (χ0v) is 12.7. The van der Waals surface area contributed by atoms with E-state index in [0.717, 1.165) is 29.7 Å². The van der Waals surface area contributed by atoms with Crippen LogP contribution in [0.1, 0.15) is 19.8 Å². The fourth-order valence-corrected chi connectivity index (χ4v) is 2.36. The summed E-state index contributed by atoms with van der Waals surface area (Å²) in [5, 5.41) is 6.10. The maximum atomic E-state index is 11.8. The number of halogens is 1. The minimum absolute atomic E-state index is 0.0283. The van der Waals surface area contributed by atoms with E-state index in [9.17, 15) is 4.79 Å². The third-order valence-electron chi connectivity index (χ3n) is 2.80. The van der Waals surface area contributed by atoms with Gasteiger partial charge in [-0.3, -0.25) is 4.79 Å². The molecule has 1 aromatic rings. The van der Waals surface area contributed by atoms with Crippen LogP contribution in [0, 0.1) is 0 Å². The van der Waals surface area contributed by atoms with Crippen LogP contribution in [0.5, 0.6) is 0 Å². The number of nitrogens with zero attached hydrogens (tertiary/aromatic N) is 3. The zero-order valence-electron chi connectivity index (χ0n) is 11.1. The van der Waals surface area contributed by atoms with Gasteiger partial charge >= 0.3 is 0 Å². The number of carbonyl (C=O) groups excluding carboxylic acids is 1. The molecule has 19 heavy (non-hydrogen) atoms. The lowest BCUT2D eigenvalue weighted by Crippen LogP contribution is -2.36. The molecular weight excluding hydrogens is 310 g/mol. The number of aromatic nitrogens is 2. The molecule has 0 aliphatic heterocycles. The molecule has 1 heterocycles. The van der Waals surface area contributed by atoms with Crippen LogP contribution in [0.25, 0.3) is 0 Å². The van der Waals surface area contributed by atoms with Crippen molar-refractivity contribution in [2.75, 3.05) is 30.4 Å². The Bertz CT molecular complexity index is 463. The van der Waals surface area contributed by atoms with Crippen LogP contribution in [0.2, 0.25) is 0 Å². The highest BCUT2D eigenvalue weighted by atomic mass is 79.9. The molecule has 104 valence electrons. The maximum Gasteiger partial charge on any atom is 0.239 e. The second-order valence-electron chi connectivity index (χ2n) is 4.59. The van der Waals surface area contributed by atoms with Crippen LogP contribution < -0.4 is 15.5 Å². The highest BCUT2D eigenvalue weighted by Crippen LogP contribution is 2.28. The molecule has 0 atom stereocenters. The highest BCUT2D eigenvalue weighted by molar-refractivity contribution is 9.10. The minimum Gasteiger partial charge on any atom is -0.369 e. The number of nitrogens with one attached hydrogen (secondary N) is 2. The Morgan fingerprint density at radius 3 is 2.89 bits per heavy atom. The smallest absolute Gasteiger partial charge is 0.239 e. The maximum absolute atomic E-state index is 11.8. The van der Waals surface area contributed by atoms with Crippen LogP contribution in [-0.4, -0.2) is 42.1 Å². The molecule has 6 nitrogen and oxygen atoms in total. The fourth-order valence-electron chi connectivity index (χ4n) is 1.71. The summed E-state index contributed by atoms with van der Waals surface area (Å²) in [6.07, 6.45) is 3.68. The average molecular weight is 328 g/mol. The van der Waals surface area contributed by atoms with Gasteiger partial charge in [-0.1, -0.05) is 0 Å². The van der Waals surface area contributed by atoms with Crippen molar-refractivity contribution in [1.82, 2.24) is 15.3 Å². The number of anilines is 2. The van der Waals surface area contributed by atoms with E-state index in [1.807, 2.05) is 18.9 Å². The second kappa shape index (κ2) is 6.18. The molecule has 1 aliphatic rings. The van der Waals surface area contributed by atoms with Crippen molar-refractivity contribution < 1.29 is 4.79 Å².